The molecule has 1 aromatic carbocycles. The predicted octanol–water partition coefficient (Wildman–Crippen LogP) is 3.12. The molecule has 0 atom stereocenters. The largest absolute Gasteiger partial charge is 0.367 e. The molecule has 122 valence electrons. The Morgan fingerprint density at radius 1 is 1.04 bits per heavy atom. The van der Waals surface area contributed by atoms with Crippen LogP contribution in [-0.2, 0) is 0 Å². The van der Waals surface area contributed by atoms with E-state index in [-0.39, 0.29) is 11.4 Å². The average molecular weight is 331 g/mol. The van der Waals surface area contributed by atoms with E-state index in [1.54, 1.807) is 36.8 Å². The Labute approximate surface area is 142 Å². The van der Waals surface area contributed by atoms with E-state index >= 15 is 0 Å². The third kappa shape index (κ3) is 2.67. The van der Waals surface area contributed by atoms with Crippen molar-refractivity contribution in [2.24, 2.45) is 0 Å². The van der Waals surface area contributed by atoms with Crippen molar-refractivity contribution in [2.75, 3.05) is 11.1 Å². The second kappa shape index (κ2) is 6.04. The lowest BCUT2D eigenvalue weighted by Gasteiger charge is -2.08. The molecular formula is C18H13N5O2. The summed E-state index contributed by atoms with van der Waals surface area (Å²) in [6, 6.07) is 12.8. The number of hydrogen-bond donors (Lipinski definition) is 2. The van der Waals surface area contributed by atoms with Crippen LogP contribution in [-0.4, -0.2) is 21.0 Å². The summed E-state index contributed by atoms with van der Waals surface area (Å²) in [5.74, 6) is -0.457. The van der Waals surface area contributed by atoms with Crippen LogP contribution in [0.15, 0.2) is 65.6 Å². The lowest BCUT2D eigenvalue weighted by atomic mass is 10.1. The lowest BCUT2D eigenvalue weighted by Crippen LogP contribution is -2.14. The van der Waals surface area contributed by atoms with Crippen LogP contribution in [0.2, 0.25) is 0 Å². The van der Waals surface area contributed by atoms with Crippen LogP contribution in [0.1, 0.15) is 10.4 Å². The Balaban J connectivity index is 1.74. The highest BCUT2D eigenvalue weighted by atomic mass is 16.5. The van der Waals surface area contributed by atoms with Crippen molar-refractivity contribution in [3.8, 4) is 11.3 Å². The van der Waals surface area contributed by atoms with E-state index in [2.05, 4.69) is 20.4 Å². The maximum atomic E-state index is 12.8. The second-order valence-corrected chi connectivity index (χ2v) is 5.34. The lowest BCUT2D eigenvalue weighted by molar-refractivity contribution is 0.102. The fourth-order valence-electron chi connectivity index (χ4n) is 2.62. The zero-order chi connectivity index (χ0) is 17.2. The number of anilines is 2. The van der Waals surface area contributed by atoms with Gasteiger partial charge in [0.15, 0.2) is 0 Å². The molecule has 7 heteroatoms. The number of nitrogens with one attached hydrogen (secondary N) is 1. The highest BCUT2D eigenvalue weighted by Gasteiger charge is 2.23. The molecule has 4 aromatic rings. The van der Waals surface area contributed by atoms with Gasteiger partial charge in [-0.3, -0.25) is 14.8 Å². The van der Waals surface area contributed by atoms with E-state index in [9.17, 15) is 4.79 Å². The molecule has 0 bridgehead atoms. The number of hydrogen-bond acceptors (Lipinski definition) is 6. The van der Waals surface area contributed by atoms with E-state index in [1.807, 2.05) is 24.3 Å². The van der Waals surface area contributed by atoms with Gasteiger partial charge in [-0.2, -0.15) is 0 Å². The van der Waals surface area contributed by atoms with Crippen molar-refractivity contribution in [3.05, 3.63) is 66.6 Å². The van der Waals surface area contributed by atoms with E-state index in [4.69, 9.17) is 10.3 Å². The van der Waals surface area contributed by atoms with Crippen LogP contribution >= 0.6 is 0 Å². The first-order valence-electron chi connectivity index (χ1n) is 7.54. The molecule has 3 heterocycles. The highest BCUT2D eigenvalue weighted by molar-refractivity contribution is 6.13. The van der Waals surface area contributed by atoms with E-state index in [0.717, 1.165) is 5.39 Å². The molecule has 3 N–H and O–H groups in total. The molecule has 0 unspecified atom stereocenters. The Bertz CT molecular complexity index is 1050. The molecule has 0 saturated carbocycles. The van der Waals surface area contributed by atoms with Gasteiger partial charge in [-0.15, -0.1) is 0 Å². The predicted molar refractivity (Wildman–Crippen MR) is 93.8 cm³/mol. The minimum absolute atomic E-state index is 0.0440. The van der Waals surface area contributed by atoms with Crippen molar-refractivity contribution >= 4 is 28.4 Å². The standard InChI is InChI=1S/C18H13N5O2/c19-17-14(16(23-25-17)12-6-9-20-10-7-12)18(24)22-13-5-1-3-11-4-2-8-21-15(11)13/h1-10H,19H2,(H,22,24). The van der Waals surface area contributed by atoms with Crippen LogP contribution in [0.25, 0.3) is 22.2 Å². The van der Waals surface area contributed by atoms with Crippen molar-refractivity contribution < 1.29 is 9.32 Å². The Morgan fingerprint density at radius 2 is 1.84 bits per heavy atom. The fourth-order valence-corrected chi connectivity index (χ4v) is 2.62. The summed E-state index contributed by atoms with van der Waals surface area (Å²) in [6.07, 6.45) is 4.89. The number of nitrogens with two attached hydrogens (primary N) is 1. The second-order valence-electron chi connectivity index (χ2n) is 5.34. The SMILES string of the molecule is Nc1onc(-c2ccncc2)c1C(=O)Nc1cccc2cccnc12. The summed E-state index contributed by atoms with van der Waals surface area (Å²) in [4.78, 5) is 21.1. The number of fused-ring (bicyclic) bond motifs is 1. The van der Waals surface area contributed by atoms with E-state index in [0.29, 0.717) is 22.5 Å². The monoisotopic (exact) mass is 331 g/mol. The van der Waals surface area contributed by atoms with Crippen molar-refractivity contribution in [2.45, 2.75) is 0 Å². The quantitative estimate of drug-likeness (QED) is 0.597. The number of aromatic nitrogens is 3. The first kappa shape index (κ1) is 14.8. The number of nitrogens with zero attached hydrogens (tertiary/aromatic N) is 3. The number of carbonyl (C=O) groups is 1. The summed E-state index contributed by atoms with van der Waals surface area (Å²) in [5, 5.41) is 7.67. The van der Waals surface area contributed by atoms with Gasteiger partial charge in [-0.25, -0.2) is 0 Å². The smallest absolute Gasteiger partial charge is 0.263 e. The molecular weight excluding hydrogens is 318 g/mol. The molecule has 0 spiro atoms. The number of carbonyl (C=O) groups excluding carboxylic acids is 1. The van der Waals surface area contributed by atoms with Crippen molar-refractivity contribution in [1.29, 1.82) is 0 Å². The fraction of sp³-hybridized carbons (Fsp3) is 0. The molecule has 3 aromatic heterocycles. The summed E-state index contributed by atoms with van der Waals surface area (Å²) in [5.41, 5.74) is 8.34. The van der Waals surface area contributed by atoms with Gasteiger partial charge in [0.05, 0.1) is 11.2 Å². The molecule has 0 fully saturated rings. The van der Waals surface area contributed by atoms with Gasteiger partial charge in [-0.1, -0.05) is 23.4 Å². The first-order chi connectivity index (χ1) is 12.2. The highest BCUT2D eigenvalue weighted by Crippen LogP contribution is 2.28. The molecule has 0 saturated heterocycles. The summed E-state index contributed by atoms with van der Waals surface area (Å²) < 4.78 is 5.03. The van der Waals surface area contributed by atoms with Gasteiger partial charge in [0.1, 0.15) is 11.3 Å². The number of pyridine rings is 2. The number of benzene rings is 1. The summed E-state index contributed by atoms with van der Waals surface area (Å²) >= 11 is 0. The van der Waals surface area contributed by atoms with Gasteiger partial charge in [0.2, 0.25) is 5.88 Å². The minimum atomic E-state index is -0.413. The molecule has 0 aliphatic rings. The van der Waals surface area contributed by atoms with Crippen LogP contribution < -0.4 is 11.1 Å². The molecule has 4 rings (SSSR count). The summed E-state index contributed by atoms with van der Waals surface area (Å²) in [6.45, 7) is 0. The van der Waals surface area contributed by atoms with Crippen LogP contribution in [0.3, 0.4) is 0 Å². The van der Waals surface area contributed by atoms with Gasteiger partial charge in [0, 0.05) is 29.5 Å². The van der Waals surface area contributed by atoms with E-state index in [1.165, 1.54) is 0 Å². The van der Waals surface area contributed by atoms with Gasteiger partial charge >= 0.3 is 0 Å². The maximum absolute atomic E-state index is 12.8. The minimum Gasteiger partial charge on any atom is -0.367 e. The molecule has 25 heavy (non-hydrogen) atoms. The number of nitrogen functional groups attached to an aromatic ring is 1. The third-order valence-corrected chi connectivity index (χ3v) is 3.78. The Hall–Kier alpha value is -3.74. The van der Waals surface area contributed by atoms with Crippen molar-refractivity contribution in [1.82, 2.24) is 15.1 Å². The topological polar surface area (TPSA) is 107 Å². The van der Waals surface area contributed by atoms with Gasteiger partial charge in [-0.05, 0) is 24.3 Å². The normalized spacial score (nSPS) is 10.7. The zero-order valence-corrected chi connectivity index (χ0v) is 13.0. The number of para-hydroxylation sites is 1. The number of rotatable bonds is 3. The molecule has 7 nitrogen and oxygen atoms in total. The first-order valence-corrected chi connectivity index (χ1v) is 7.54. The molecule has 0 aliphatic heterocycles. The van der Waals surface area contributed by atoms with Crippen LogP contribution in [0, 0.1) is 0 Å². The molecule has 0 aliphatic carbocycles. The van der Waals surface area contributed by atoms with Crippen LogP contribution in [0.4, 0.5) is 11.6 Å². The summed E-state index contributed by atoms with van der Waals surface area (Å²) in [7, 11) is 0. The van der Waals surface area contributed by atoms with E-state index < -0.39 is 5.91 Å². The van der Waals surface area contributed by atoms with Crippen molar-refractivity contribution in [3.63, 3.8) is 0 Å². The zero-order valence-electron chi connectivity index (χ0n) is 13.0. The average Bonchev–Trinajstić information content (AvgIpc) is 3.04. The third-order valence-electron chi connectivity index (χ3n) is 3.78. The Morgan fingerprint density at radius 3 is 2.68 bits per heavy atom. The molecule has 0 radical (unpaired) electrons. The maximum Gasteiger partial charge on any atom is 0.263 e. The Kier molecular flexibility index (Phi) is 3.59. The number of amides is 1. The van der Waals surface area contributed by atoms with Gasteiger partial charge in [0.25, 0.3) is 5.91 Å². The van der Waals surface area contributed by atoms with Gasteiger partial charge < -0.3 is 15.6 Å². The van der Waals surface area contributed by atoms with Crippen LogP contribution in [0.5, 0.6) is 0 Å². The molecule has 1 amide bonds.